The van der Waals surface area contributed by atoms with Crippen LogP contribution in [0.1, 0.15) is 273 Å². The summed E-state index contributed by atoms with van der Waals surface area (Å²) in [5, 5.41) is 14.6. The van der Waals surface area contributed by atoms with Gasteiger partial charge >= 0.3 is 0 Å². The molecule has 0 saturated heterocycles. The van der Waals surface area contributed by atoms with Crippen molar-refractivity contribution in [3.05, 3.63) is 82.9 Å². The molecule has 0 aliphatic rings. The summed E-state index contributed by atoms with van der Waals surface area (Å²) in [6.45, 7) is 29.0. The van der Waals surface area contributed by atoms with Gasteiger partial charge < -0.3 is 10.0 Å². The first-order chi connectivity index (χ1) is 33.0. The molecule has 0 spiro atoms. The van der Waals surface area contributed by atoms with E-state index in [1.54, 1.807) is 21.1 Å². The molecule has 4 heteroatoms. The average Bonchev–Trinajstić information content (AvgIpc) is 3.33. The van der Waals surface area contributed by atoms with Crippen LogP contribution in [-0.4, -0.2) is 49.6 Å². The first-order valence-electron chi connectivity index (χ1n) is 28.9. The van der Waals surface area contributed by atoms with Gasteiger partial charge in [-0.05, 0) is 112 Å². The SMILES string of the molecule is CC.CC.CC.CC(C)=NN(C)C.CC(C)=NN(C)C.CCCCCCCCCc1ccc(CCCCCCC)c2ccccc12.CCCCCCCCCc1ccc(CCCCCCC)cc1. The van der Waals surface area contributed by atoms with Gasteiger partial charge in [-0.2, -0.15) is 10.2 Å². The van der Waals surface area contributed by atoms with E-state index in [1.807, 2.05) is 97.4 Å². The second kappa shape index (κ2) is 56.4. The molecule has 0 aliphatic carbocycles. The van der Waals surface area contributed by atoms with Crippen LogP contribution in [0.15, 0.2) is 70.9 Å². The van der Waals surface area contributed by atoms with Gasteiger partial charge in [0.2, 0.25) is 0 Å². The summed E-state index contributed by atoms with van der Waals surface area (Å²) in [7, 11) is 7.64. The normalized spacial score (nSPS) is 9.79. The van der Waals surface area contributed by atoms with E-state index in [0.29, 0.717) is 0 Å². The lowest BCUT2D eigenvalue weighted by atomic mass is 9.93. The molecule has 4 nitrogen and oxygen atoms in total. The highest BCUT2D eigenvalue weighted by molar-refractivity contribution is 5.88. The summed E-state index contributed by atoms with van der Waals surface area (Å²) < 4.78 is 0. The molecule has 0 radical (unpaired) electrons. The maximum absolute atomic E-state index is 4.03. The maximum atomic E-state index is 4.03. The molecule has 0 fully saturated rings. The van der Waals surface area contributed by atoms with E-state index in [2.05, 4.69) is 98.6 Å². The van der Waals surface area contributed by atoms with Gasteiger partial charge in [0.25, 0.3) is 0 Å². The van der Waals surface area contributed by atoms with Gasteiger partial charge in [-0.3, -0.25) is 0 Å². The fourth-order valence-electron chi connectivity index (χ4n) is 7.94. The molecule has 0 amide bonds. The Bertz CT molecular complexity index is 1460. The quantitative estimate of drug-likeness (QED) is 0.0379. The lowest BCUT2D eigenvalue weighted by Crippen LogP contribution is -2.03. The van der Waals surface area contributed by atoms with Crippen LogP contribution in [0.3, 0.4) is 0 Å². The molecule has 68 heavy (non-hydrogen) atoms. The molecule has 3 rings (SSSR count). The highest BCUT2D eigenvalue weighted by Crippen LogP contribution is 2.26. The number of rotatable bonds is 30. The van der Waals surface area contributed by atoms with Crippen molar-refractivity contribution >= 4 is 22.2 Å². The molecule has 0 bridgehead atoms. The predicted octanol–water partition coefficient (Wildman–Crippen LogP) is 21.1. The molecule has 0 unspecified atom stereocenters. The third kappa shape index (κ3) is 47.9. The van der Waals surface area contributed by atoms with Crippen LogP contribution >= 0.6 is 0 Å². The largest absolute Gasteiger partial charge is 0.303 e. The van der Waals surface area contributed by atoms with Crippen LogP contribution in [0, 0.1) is 0 Å². The zero-order valence-electron chi connectivity index (χ0n) is 49.4. The second-order valence-electron chi connectivity index (χ2n) is 18.6. The number of unbranched alkanes of at least 4 members (excludes halogenated alkanes) is 20. The molecule has 0 aliphatic heterocycles. The fourth-order valence-corrected chi connectivity index (χ4v) is 7.94. The minimum atomic E-state index is 1.09. The van der Waals surface area contributed by atoms with Gasteiger partial charge in [-0.15, -0.1) is 0 Å². The van der Waals surface area contributed by atoms with E-state index in [1.165, 1.54) is 202 Å². The van der Waals surface area contributed by atoms with Crippen molar-refractivity contribution in [3.63, 3.8) is 0 Å². The highest BCUT2D eigenvalue weighted by Gasteiger charge is 2.06. The summed E-state index contributed by atoms with van der Waals surface area (Å²) in [5.41, 5.74) is 8.35. The van der Waals surface area contributed by atoms with Gasteiger partial charge in [0.05, 0.1) is 0 Å². The van der Waals surface area contributed by atoms with Crippen molar-refractivity contribution in [1.82, 2.24) is 10.0 Å². The van der Waals surface area contributed by atoms with Crippen molar-refractivity contribution in [1.29, 1.82) is 0 Å². The molecule has 0 atom stereocenters. The van der Waals surface area contributed by atoms with Gasteiger partial charge in [0.15, 0.2) is 0 Å². The minimum absolute atomic E-state index is 1.09. The molecule has 0 aromatic heterocycles. The molecule has 0 saturated carbocycles. The molecule has 0 N–H and O–H groups in total. The van der Waals surface area contributed by atoms with Gasteiger partial charge in [0, 0.05) is 39.6 Å². The van der Waals surface area contributed by atoms with E-state index >= 15 is 0 Å². The van der Waals surface area contributed by atoms with Crippen molar-refractivity contribution in [2.24, 2.45) is 10.2 Å². The highest BCUT2D eigenvalue weighted by atomic mass is 15.4. The van der Waals surface area contributed by atoms with Crippen LogP contribution in [0.4, 0.5) is 0 Å². The van der Waals surface area contributed by atoms with Crippen LogP contribution in [0.2, 0.25) is 0 Å². The topological polar surface area (TPSA) is 31.2 Å². The Balaban J connectivity index is -0.000000436. The van der Waals surface area contributed by atoms with Crippen LogP contribution in [0.5, 0.6) is 0 Å². The van der Waals surface area contributed by atoms with Gasteiger partial charge in [-0.1, -0.05) is 258 Å². The van der Waals surface area contributed by atoms with Crippen molar-refractivity contribution < 1.29 is 0 Å². The summed E-state index contributed by atoms with van der Waals surface area (Å²) in [4.78, 5) is 0. The Hall–Kier alpha value is -3.14. The number of hydrogen-bond acceptors (Lipinski definition) is 4. The Morgan fingerprint density at radius 1 is 0.324 bits per heavy atom. The van der Waals surface area contributed by atoms with Gasteiger partial charge in [0.1, 0.15) is 0 Å². The molecule has 0 heterocycles. The Morgan fingerprint density at radius 3 is 0.779 bits per heavy atom. The van der Waals surface area contributed by atoms with E-state index in [9.17, 15) is 0 Å². The second-order valence-corrected chi connectivity index (χ2v) is 18.6. The summed E-state index contributed by atoms with van der Waals surface area (Å²) >= 11 is 0. The Morgan fingerprint density at radius 2 is 0.559 bits per heavy atom. The fraction of sp³-hybridized carbons (Fsp3) is 0.719. The zero-order chi connectivity index (χ0) is 52.1. The number of nitrogens with zero attached hydrogens (tertiary/aromatic N) is 4. The number of hydrogen-bond donors (Lipinski definition) is 0. The molecule has 3 aromatic carbocycles. The number of hydrazone groups is 2. The lowest BCUT2D eigenvalue weighted by Gasteiger charge is -2.12. The third-order valence-electron chi connectivity index (χ3n) is 11.2. The Kier molecular flexibility index (Phi) is 59.3. The maximum Gasteiger partial charge on any atom is 0.0318 e. The summed E-state index contributed by atoms with van der Waals surface area (Å²) in [5.74, 6) is 0. The number of benzene rings is 3. The zero-order valence-corrected chi connectivity index (χ0v) is 49.4. The van der Waals surface area contributed by atoms with E-state index in [0.717, 1.165) is 11.4 Å². The summed E-state index contributed by atoms with van der Waals surface area (Å²) in [6, 6.07) is 23.4. The summed E-state index contributed by atoms with van der Waals surface area (Å²) in [6.07, 6.45) is 38.3. The first kappa shape index (κ1) is 71.4. The van der Waals surface area contributed by atoms with E-state index in [4.69, 9.17) is 0 Å². The monoisotopic (exact) mass is 945 g/mol. The number of aryl methyl sites for hydroxylation is 4. The van der Waals surface area contributed by atoms with Crippen molar-refractivity contribution in [3.8, 4) is 0 Å². The number of fused-ring (bicyclic) bond motifs is 1. The van der Waals surface area contributed by atoms with E-state index in [-0.39, 0.29) is 0 Å². The average molecular weight is 946 g/mol. The van der Waals surface area contributed by atoms with Crippen molar-refractivity contribution in [2.45, 2.75) is 277 Å². The molecule has 3 aromatic rings. The van der Waals surface area contributed by atoms with Crippen LogP contribution in [-0.2, 0) is 25.7 Å². The van der Waals surface area contributed by atoms with E-state index < -0.39 is 0 Å². The molecular weight excluding hydrogens is 825 g/mol. The standard InChI is InChI=1S/C26H40.C22H38.2C5H12N2.3C2H6/c1-3-5-7-9-10-12-14-18-24-22-21-23(17-13-11-8-6-4-2)25-19-15-16-20-26(24)25;1-3-5-7-9-10-12-14-16-22-19-17-21(18-20-22)15-13-11-8-6-4-2;2*1-5(2)6-7(3)4;3*1-2/h15-16,19-22H,3-14,17-18H2,1-2H3;17-20H,3-16H2,1-2H3;2*1-4H3;3*1-2H3. The van der Waals surface area contributed by atoms with Gasteiger partial charge in [-0.25, -0.2) is 0 Å². The molecule has 396 valence electrons. The van der Waals surface area contributed by atoms with Crippen LogP contribution in [0.25, 0.3) is 10.8 Å². The predicted molar refractivity (Wildman–Crippen MR) is 318 cm³/mol. The smallest absolute Gasteiger partial charge is 0.0318 e. The lowest BCUT2D eigenvalue weighted by molar-refractivity contribution is 0.437. The Labute approximate surface area is 428 Å². The first-order valence-corrected chi connectivity index (χ1v) is 28.9. The van der Waals surface area contributed by atoms with Crippen molar-refractivity contribution in [2.75, 3.05) is 28.2 Å². The van der Waals surface area contributed by atoms with Crippen LogP contribution < -0.4 is 0 Å². The third-order valence-corrected chi connectivity index (χ3v) is 11.2. The minimum Gasteiger partial charge on any atom is -0.303 e. The molecular formula is C64H120N4.